The molecule has 0 amide bonds. The lowest BCUT2D eigenvalue weighted by atomic mass is 10.0. The van der Waals surface area contributed by atoms with Crippen LogP contribution in [0.15, 0.2) is 46.6 Å². The third-order valence-corrected chi connectivity index (χ3v) is 4.75. The van der Waals surface area contributed by atoms with Crippen LogP contribution < -0.4 is 0 Å². The van der Waals surface area contributed by atoms with E-state index >= 15 is 0 Å². The second-order valence-electron chi connectivity index (χ2n) is 7.34. The first-order chi connectivity index (χ1) is 13.5. The van der Waals surface area contributed by atoms with Crippen molar-refractivity contribution in [2.75, 3.05) is 0 Å². The molecule has 4 nitrogen and oxygen atoms in total. The van der Waals surface area contributed by atoms with Crippen molar-refractivity contribution in [2.24, 2.45) is 10.2 Å². The largest absolute Gasteiger partial charge is 0.507 e. The Hall–Kier alpha value is -2.62. The van der Waals surface area contributed by atoms with Crippen LogP contribution in [-0.4, -0.2) is 21.6 Å². The van der Waals surface area contributed by atoms with E-state index in [0.717, 1.165) is 72.2 Å². The second kappa shape index (κ2) is 10.6. The minimum atomic E-state index is 0.235. The molecular weight excluding hydrogens is 348 g/mol. The predicted molar refractivity (Wildman–Crippen MR) is 118 cm³/mol. The van der Waals surface area contributed by atoms with Gasteiger partial charge in [0.15, 0.2) is 0 Å². The van der Waals surface area contributed by atoms with Gasteiger partial charge in [0.05, 0.1) is 11.4 Å². The molecule has 28 heavy (non-hydrogen) atoms. The third kappa shape index (κ3) is 5.95. The van der Waals surface area contributed by atoms with E-state index in [4.69, 9.17) is 0 Å². The second-order valence-corrected chi connectivity index (χ2v) is 7.34. The Morgan fingerprint density at radius 3 is 1.43 bits per heavy atom. The molecule has 0 saturated heterocycles. The fourth-order valence-electron chi connectivity index (χ4n) is 3.06. The fourth-order valence-corrected chi connectivity index (χ4v) is 3.06. The van der Waals surface area contributed by atoms with Crippen LogP contribution in [0.3, 0.4) is 0 Å². The summed E-state index contributed by atoms with van der Waals surface area (Å²) in [6.45, 7) is 8.17. The Morgan fingerprint density at radius 1 is 0.714 bits per heavy atom. The average molecular weight is 381 g/mol. The number of aromatic hydroxyl groups is 2. The molecule has 0 aliphatic carbocycles. The molecule has 150 valence electrons. The maximum atomic E-state index is 10.4. The van der Waals surface area contributed by atoms with Crippen LogP contribution in [0, 0.1) is 13.8 Å². The van der Waals surface area contributed by atoms with E-state index in [1.165, 1.54) is 0 Å². The van der Waals surface area contributed by atoms with Crippen molar-refractivity contribution >= 4 is 11.4 Å². The monoisotopic (exact) mass is 380 g/mol. The molecule has 0 fully saturated rings. The highest BCUT2D eigenvalue weighted by Gasteiger charge is 2.12. The number of nitrogens with zero attached hydrogens (tertiary/aromatic N) is 2. The molecule has 0 heterocycles. The summed E-state index contributed by atoms with van der Waals surface area (Å²) in [5, 5.41) is 29.9. The topological polar surface area (TPSA) is 65.2 Å². The molecule has 0 aliphatic rings. The molecule has 4 heteroatoms. The summed E-state index contributed by atoms with van der Waals surface area (Å²) in [6, 6.07) is 11.3. The first-order valence-electron chi connectivity index (χ1n) is 10.2. The van der Waals surface area contributed by atoms with Gasteiger partial charge in [0.1, 0.15) is 11.5 Å². The van der Waals surface area contributed by atoms with Gasteiger partial charge in [-0.15, -0.1) is 0 Å². The standard InChI is InChI=1S/C24H32N2O2/c1-5-7-9-21(19-13-11-17(3)15-23(19)27)25-26-22(10-8-6-2)20-14-12-18(4)16-24(20)28/h11-16,27-28H,5-10H2,1-4H3/b25-21-,26-22-. The predicted octanol–water partition coefficient (Wildman–Crippen LogP) is 6.29. The third-order valence-electron chi connectivity index (χ3n) is 4.75. The minimum Gasteiger partial charge on any atom is -0.507 e. The molecule has 0 atom stereocenters. The molecule has 2 aromatic rings. The normalized spacial score (nSPS) is 12.4. The van der Waals surface area contributed by atoms with Gasteiger partial charge in [0, 0.05) is 11.1 Å². The summed E-state index contributed by atoms with van der Waals surface area (Å²) in [6.07, 6.45) is 5.52. The summed E-state index contributed by atoms with van der Waals surface area (Å²) in [4.78, 5) is 0. The number of hydrogen-bond acceptors (Lipinski definition) is 4. The number of hydrogen-bond donors (Lipinski definition) is 2. The summed E-state index contributed by atoms with van der Waals surface area (Å²) in [5.74, 6) is 0.469. The van der Waals surface area contributed by atoms with Gasteiger partial charge in [0.25, 0.3) is 0 Å². The highest BCUT2D eigenvalue weighted by Crippen LogP contribution is 2.24. The summed E-state index contributed by atoms with van der Waals surface area (Å²) in [7, 11) is 0. The van der Waals surface area contributed by atoms with Crippen LogP contribution in [0.5, 0.6) is 11.5 Å². The van der Waals surface area contributed by atoms with Gasteiger partial charge in [-0.1, -0.05) is 38.8 Å². The fraction of sp³-hybridized carbons (Fsp3) is 0.417. The van der Waals surface area contributed by atoms with E-state index in [0.29, 0.717) is 0 Å². The first kappa shape index (κ1) is 21.7. The lowest BCUT2D eigenvalue weighted by Crippen LogP contribution is -2.05. The maximum Gasteiger partial charge on any atom is 0.124 e. The van der Waals surface area contributed by atoms with Crippen molar-refractivity contribution in [3.05, 3.63) is 58.7 Å². The number of unbranched alkanes of at least 4 members (excludes halogenated alkanes) is 2. The lowest BCUT2D eigenvalue weighted by Gasteiger charge is -2.10. The first-order valence-corrected chi connectivity index (χ1v) is 10.2. The van der Waals surface area contributed by atoms with E-state index in [-0.39, 0.29) is 11.5 Å². The lowest BCUT2D eigenvalue weighted by molar-refractivity contribution is 0.472. The smallest absolute Gasteiger partial charge is 0.124 e. The zero-order valence-electron chi connectivity index (χ0n) is 17.5. The molecule has 0 unspecified atom stereocenters. The van der Waals surface area contributed by atoms with Gasteiger partial charge >= 0.3 is 0 Å². The van der Waals surface area contributed by atoms with Crippen LogP contribution in [0.25, 0.3) is 0 Å². The molecule has 2 rings (SSSR count). The Kier molecular flexibility index (Phi) is 8.24. The molecule has 0 spiro atoms. The van der Waals surface area contributed by atoms with Crippen molar-refractivity contribution in [3.8, 4) is 11.5 Å². The summed E-state index contributed by atoms with van der Waals surface area (Å²) < 4.78 is 0. The summed E-state index contributed by atoms with van der Waals surface area (Å²) in [5.41, 5.74) is 5.03. The highest BCUT2D eigenvalue weighted by atomic mass is 16.3. The Balaban J connectivity index is 2.48. The molecule has 0 radical (unpaired) electrons. The van der Waals surface area contributed by atoms with Gasteiger partial charge in [-0.2, -0.15) is 10.2 Å². The number of aryl methyl sites for hydroxylation is 2. The van der Waals surface area contributed by atoms with Crippen LogP contribution in [0.2, 0.25) is 0 Å². The van der Waals surface area contributed by atoms with Gasteiger partial charge in [-0.05, 0) is 74.9 Å². The quantitative estimate of drug-likeness (QED) is 0.397. The highest BCUT2D eigenvalue weighted by molar-refractivity contribution is 6.05. The van der Waals surface area contributed by atoms with E-state index in [1.54, 1.807) is 12.1 Å². The zero-order chi connectivity index (χ0) is 20.5. The van der Waals surface area contributed by atoms with Crippen molar-refractivity contribution in [2.45, 2.75) is 66.2 Å². The molecular formula is C24H32N2O2. The van der Waals surface area contributed by atoms with E-state index in [2.05, 4.69) is 24.1 Å². The van der Waals surface area contributed by atoms with Crippen LogP contribution >= 0.6 is 0 Å². The van der Waals surface area contributed by atoms with Gasteiger partial charge in [-0.25, -0.2) is 0 Å². The van der Waals surface area contributed by atoms with Gasteiger partial charge in [-0.3, -0.25) is 0 Å². The van der Waals surface area contributed by atoms with E-state index < -0.39 is 0 Å². The maximum absolute atomic E-state index is 10.4. The van der Waals surface area contributed by atoms with Crippen LogP contribution in [-0.2, 0) is 0 Å². The molecule has 0 saturated carbocycles. The van der Waals surface area contributed by atoms with Crippen molar-refractivity contribution in [3.63, 3.8) is 0 Å². The van der Waals surface area contributed by atoms with Gasteiger partial charge in [0.2, 0.25) is 0 Å². The summed E-state index contributed by atoms with van der Waals surface area (Å²) >= 11 is 0. The molecule has 0 aromatic heterocycles. The Labute approximate surface area is 168 Å². The van der Waals surface area contributed by atoms with Crippen LogP contribution in [0.1, 0.15) is 74.6 Å². The van der Waals surface area contributed by atoms with E-state index in [1.807, 2.05) is 38.1 Å². The van der Waals surface area contributed by atoms with Crippen molar-refractivity contribution in [1.82, 2.24) is 0 Å². The SMILES string of the molecule is CCCC/C(=N/N=C(/CCCC)c1ccc(C)cc1O)c1ccc(C)cc1O. The Bertz CT molecular complexity index is 782. The average Bonchev–Trinajstić information content (AvgIpc) is 2.65. The molecule has 0 bridgehead atoms. The molecule has 2 aromatic carbocycles. The number of benzene rings is 2. The number of phenolic OH excluding ortho intramolecular Hbond substituents is 2. The minimum absolute atomic E-state index is 0.235. The van der Waals surface area contributed by atoms with E-state index in [9.17, 15) is 10.2 Å². The van der Waals surface area contributed by atoms with Crippen LogP contribution in [0.4, 0.5) is 0 Å². The zero-order valence-corrected chi connectivity index (χ0v) is 17.5. The molecule has 2 N–H and O–H groups in total. The van der Waals surface area contributed by atoms with Crippen molar-refractivity contribution < 1.29 is 10.2 Å². The molecule has 0 aliphatic heterocycles. The van der Waals surface area contributed by atoms with Crippen molar-refractivity contribution in [1.29, 1.82) is 0 Å². The number of rotatable bonds is 9. The Morgan fingerprint density at radius 2 is 1.11 bits per heavy atom. The number of phenols is 2. The van der Waals surface area contributed by atoms with Gasteiger partial charge < -0.3 is 10.2 Å².